The third-order valence-corrected chi connectivity index (χ3v) is 4.01. The van der Waals surface area contributed by atoms with Crippen LogP contribution < -0.4 is 5.32 Å². The molecular weight excluding hydrogens is 288 g/mol. The Bertz CT molecular complexity index is 689. The topological polar surface area (TPSA) is 55.1 Å². The van der Waals surface area contributed by atoms with E-state index in [2.05, 4.69) is 10.3 Å². The van der Waals surface area contributed by atoms with Crippen molar-refractivity contribution in [2.24, 2.45) is 0 Å². The minimum absolute atomic E-state index is 0.172. The molecule has 1 N–H and O–H groups in total. The number of amides is 1. The van der Waals surface area contributed by atoms with E-state index in [9.17, 15) is 4.79 Å². The normalized spacial score (nSPS) is 15.8. The molecule has 0 bridgehead atoms. The van der Waals surface area contributed by atoms with E-state index in [4.69, 9.17) is 16.0 Å². The summed E-state index contributed by atoms with van der Waals surface area (Å²) in [5.74, 6) is 0.634. The highest BCUT2D eigenvalue weighted by Gasteiger charge is 2.44. The third-order valence-electron chi connectivity index (χ3n) is 3.77. The van der Waals surface area contributed by atoms with Gasteiger partial charge in [0.15, 0.2) is 5.89 Å². The Morgan fingerprint density at radius 3 is 2.76 bits per heavy atom. The Morgan fingerprint density at radius 2 is 2.19 bits per heavy atom. The average molecular weight is 305 g/mol. The van der Waals surface area contributed by atoms with Gasteiger partial charge in [-0.25, -0.2) is 4.98 Å². The van der Waals surface area contributed by atoms with E-state index in [0.717, 1.165) is 29.8 Å². The number of nitrogens with zero attached hydrogens (tertiary/aromatic N) is 1. The minimum atomic E-state index is -0.187. The second-order valence-electron chi connectivity index (χ2n) is 5.69. The molecule has 3 rings (SSSR count). The maximum Gasteiger partial charge on any atom is 0.289 e. The maximum absolute atomic E-state index is 12.3. The lowest BCUT2D eigenvalue weighted by Gasteiger charge is -2.17. The van der Waals surface area contributed by atoms with Crippen LogP contribution in [0.5, 0.6) is 0 Å². The van der Waals surface area contributed by atoms with Gasteiger partial charge in [-0.05, 0) is 43.9 Å². The number of hydrogen-bond acceptors (Lipinski definition) is 3. The predicted octanol–water partition coefficient (Wildman–Crippen LogP) is 3.45. The van der Waals surface area contributed by atoms with Gasteiger partial charge in [0.25, 0.3) is 5.91 Å². The standard InChI is InChI=1S/C16H17ClN2O2/c1-10-14(21-11(2)18-10)15(20)19-16(6-7-16)9-12-4-3-5-13(17)8-12/h3-5,8H,6-7,9H2,1-2H3,(H,19,20). The molecule has 1 aliphatic carbocycles. The number of oxazole rings is 1. The van der Waals surface area contributed by atoms with Crippen molar-refractivity contribution in [2.75, 3.05) is 0 Å². The minimum Gasteiger partial charge on any atom is -0.436 e. The zero-order chi connectivity index (χ0) is 15.0. The lowest BCUT2D eigenvalue weighted by atomic mass is 10.0. The number of rotatable bonds is 4. The van der Waals surface area contributed by atoms with Crippen LogP contribution in [-0.4, -0.2) is 16.4 Å². The van der Waals surface area contributed by atoms with Crippen LogP contribution in [0.2, 0.25) is 5.02 Å². The molecule has 1 aromatic carbocycles. The number of halogens is 1. The molecule has 110 valence electrons. The molecular formula is C16H17ClN2O2. The smallest absolute Gasteiger partial charge is 0.289 e. The van der Waals surface area contributed by atoms with E-state index >= 15 is 0 Å². The summed E-state index contributed by atoms with van der Waals surface area (Å²) in [5, 5.41) is 3.81. The van der Waals surface area contributed by atoms with Gasteiger partial charge in [-0.3, -0.25) is 4.79 Å². The maximum atomic E-state index is 12.3. The highest BCUT2D eigenvalue weighted by atomic mass is 35.5. The molecule has 0 unspecified atom stereocenters. The van der Waals surface area contributed by atoms with Crippen molar-refractivity contribution in [3.63, 3.8) is 0 Å². The molecule has 1 aromatic heterocycles. The summed E-state index contributed by atoms with van der Waals surface area (Å²) in [6.45, 7) is 3.52. The summed E-state index contributed by atoms with van der Waals surface area (Å²) in [5.41, 5.74) is 1.59. The van der Waals surface area contributed by atoms with Gasteiger partial charge in [0.1, 0.15) is 0 Å². The van der Waals surface area contributed by atoms with Gasteiger partial charge in [0, 0.05) is 17.5 Å². The number of nitrogens with one attached hydrogen (secondary N) is 1. The van der Waals surface area contributed by atoms with Gasteiger partial charge < -0.3 is 9.73 Å². The molecule has 1 heterocycles. The van der Waals surface area contributed by atoms with Crippen LogP contribution in [0.3, 0.4) is 0 Å². The molecule has 0 saturated heterocycles. The van der Waals surface area contributed by atoms with Crippen molar-refractivity contribution < 1.29 is 9.21 Å². The van der Waals surface area contributed by atoms with E-state index in [1.165, 1.54) is 0 Å². The van der Waals surface area contributed by atoms with Crippen molar-refractivity contribution in [3.8, 4) is 0 Å². The van der Waals surface area contributed by atoms with E-state index in [-0.39, 0.29) is 11.4 Å². The van der Waals surface area contributed by atoms with Crippen LogP contribution in [0.1, 0.15) is 40.5 Å². The number of benzene rings is 1. The van der Waals surface area contributed by atoms with Crippen molar-refractivity contribution in [1.29, 1.82) is 0 Å². The van der Waals surface area contributed by atoms with Crippen molar-refractivity contribution in [1.82, 2.24) is 10.3 Å². The van der Waals surface area contributed by atoms with Crippen LogP contribution in [0.25, 0.3) is 0 Å². The lowest BCUT2D eigenvalue weighted by Crippen LogP contribution is -2.38. The zero-order valence-corrected chi connectivity index (χ0v) is 12.8. The first kappa shape index (κ1) is 14.1. The predicted molar refractivity (Wildman–Crippen MR) is 80.6 cm³/mol. The van der Waals surface area contributed by atoms with Gasteiger partial charge in [-0.15, -0.1) is 0 Å². The number of aryl methyl sites for hydroxylation is 2. The van der Waals surface area contributed by atoms with Gasteiger partial charge in [-0.2, -0.15) is 0 Å². The summed E-state index contributed by atoms with van der Waals surface area (Å²) < 4.78 is 5.37. The molecule has 0 radical (unpaired) electrons. The van der Waals surface area contributed by atoms with Crippen LogP contribution in [0.15, 0.2) is 28.7 Å². The quantitative estimate of drug-likeness (QED) is 0.941. The number of hydrogen-bond donors (Lipinski definition) is 1. The molecule has 21 heavy (non-hydrogen) atoms. The fourth-order valence-electron chi connectivity index (χ4n) is 2.57. The van der Waals surface area contributed by atoms with Gasteiger partial charge in [-0.1, -0.05) is 23.7 Å². The van der Waals surface area contributed by atoms with Crippen molar-refractivity contribution >= 4 is 17.5 Å². The van der Waals surface area contributed by atoms with E-state index < -0.39 is 0 Å². The first-order valence-corrected chi connectivity index (χ1v) is 7.36. The molecule has 1 amide bonds. The SMILES string of the molecule is Cc1nc(C)c(C(=O)NC2(Cc3cccc(Cl)c3)CC2)o1. The lowest BCUT2D eigenvalue weighted by molar-refractivity contribution is 0.0901. The number of carbonyl (C=O) groups is 1. The summed E-state index contributed by atoms with van der Waals surface area (Å²) in [6, 6.07) is 7.75. The van der Waals surface area contributed by atoms with Crippen molar-refractivity contribution in [3.05, 3.63) is 52.2 Å². The fraction of sp³-hybridized carbons (Fsp3) is 0.375. The molecule has 4 nitrogen and oxygen atoms in total. The second-order valence-corrected chi connectivity index (χ2v) is 6.13. The van der Waals surface area contributed by atoms with Gasteiger partial charge in [0.05, 0.1) is 5.69 Å². The molecule has 0 atom stereocenters. The van der Waals surface area contributed by atoms with E-state index in [0.29, 0.717) is 17.3 Å². The zero-order valence-electron chi connectivity index (χ0n) is 12.1. The first-order chi connectivity index (χ1) is 9.97. The van der Waals surface area contributed by atoms with Crippen molar-refractivity contribution in [2.45, 2.75) is 38.6 Å². The summed E-state index contributed by atoms with van der Waals surface area (Å²) in [7, 11) is 0. The fourth-order valence-corrected chi connectivity index (χ4v) is 2.79. The molecule has 1 aliphatic rings. The molecule has 5 heteroatoms. The Labute approximate surface area is 128 Å². The summed E-state index contributed by atoms with van der Waals surface area (Å²) >= 11 is 6.01. The van der Waals surface area contributed by atoms with Crippen LogP contribution in [0, 0.1) is 13.8 Å². The molecule has 0 aliphatic heterocycles. The Morgan fingerprint density at radius 1 is 1.43 bits per heavy atom. The van der Waals surface area contributed by atoms with Gasteiger partial charge in [0.2, 0.25) is 5.76 Å². The monoisotopic (exact) mass is 304 g/mol. The van der Waals surface area contributed by atoms with E-state index in [1.807, 2.05) is 24.3 Å². The third kappa shape index (κ3) is 3.10. The van der Waals surface area contributed by atoms with Crippen LogP contribution in [0.4, 0.5) is 0 Å². The number of aromatic nitrogens is 1. The van der Waals surface area contributed by atoms with Gasteiger partial charge >= 0.3 is 0 Å². The Balaban J connectivity index is 1.72. The van der Waals surface area contributed by atoms with Crippen LogP contribution >= 0.6 is 11.6 Å². The second kappa shape index (κ2) is 5.19. The Kier molecular flexibility index (Phi) is 3.49. The number of carbonyl (C=O) groups excluding carboxylic acids is 1. The highest BCUT2D eigenvalue weighted by Crippen LogP contribution is 2.39. The Hall–Kier alpha value is -1.81. The highest BCUT2D eigenvalue weighted by molar-refractivity contribution is 6.30. The first-order valence-electron chi connectivity index (χ1n) is 6.98. The van der Waals surface area contributed by atoms with Crippen LogP contribution in [-0.2, 0) is 6.42 Å². The average Bonchev–Trinajstić information content (AvgIpc) is 3.05. The summed E-state index contributed by atoms with van der Waals surface area (Å²) in [4.78, 5) is 16.5. The molecule has 2 aromatic rings. The largest absolute Gasteiger partial charge is 0.436 e. The molecule has 1 fully saturated rings. The molecule has 0 spiro atoms. The van der Waals surface area contributed by atoms with E-state index in [1.54, 1.807) is 13.8 Å². The molecule has 1 saturated carbocycles. The summed E-state index contributed by atoms with van der Waals surface area (Å²) in [6.07, 6.45) is 2.72.